The van der Waals surface area contributed by atoms with Crippen LogP contribution in [0.3, 0.4) is 0 Å². The van der Waals surface area contributed by atoms with Crippen molar-refractivity contribution in [2.45, 2.75) is 25.5 Å². The molecule has 1 aromatic heterocycles. The predicted octanol–water partition coefficient (Wildman–Crippen LogP) is -0.502. The fourth-order valence-corrected chi connectivity index (χ4v) is 1.55. The largest absolute Gasteiger partial charge is 0.368 e. The number of hydrogen-bond acceptors (Lipinski definition) is 3. The van der Waals surface area contributed by atoms with E-state index >= 15 is 0 Å². The van der Waals surface area contributed by atoms with E-state index in [9.17, 15) is 9.59 Å². The SMILES string of the molecule is O=C(NCc1cc(=O)[nH][nH]1)C1CCCO1. The molecule has 1 aliphatic heterocycles. The van der Waals surface area contributed by atoms with Gasteiger partial charge in [-0.25, -0.2) is 0 Å². The van der Waals surface area contributed by atoms with Gasteiger partial charge in [-0.1, -0.05) is 0 Å². The molecule has 1 atom stereocenters. The number of H-pyrrole nitrogens is 2. The number of hydrogen-bond donors (Lipinski definition) is 3. The second-order valence-electron chi connectivity index (χ2n) is 3.50. The van der Waals surface area contributed by atoms with Crippen molar-refractivity contribution in [1.82, 2.24) is 15.5 Å². The molecule has 1 fully saturated rings. The monoisotopic (exact) mass is 211 g/mol. The Bertz CT molecular complexity index is 389. The van der Waals surface area contributed by atoms with E-state index in [-0.39, 0.29) is 17.6 Å². The Morgan fingerprint density at radius 3 is 3.07 bits per heavy atom. The predicted molar refractivity (Wildman–Crippen MR) is 52.2 cm³/mol. The average Bonchev–Trinajstić information content (AvgIpc) is 2.84. The normalized spacial score (nSPS) is 20.4. The minimum Gasteiger partial charge on any atom is -0.368 e. The molecular weight excluding hydrogens is 198 g/mol. The van der Waals surface area contributed by atoms with Gasteiger partial charge in [0.15, 0.2) is 0 Å². The molecule has 6 heteroatoms. The van der Waals surface area contributed by atoms with Crippen molar-refractivity contribution in [3.05, 3.63) is 22.1 Å². The fourth-order valence-electron chi connectivity index (χ4n) is 1.55. The first-order valence-corrected chi connectivity index (χ1v) is 4.91. The number of carbonyl (C=O) groups excluding carboxylic acids is 1. The molecule has 1 aromatic rings. The van der Waals surface area contributed by atoms with Crippen LogP contribution in [0.15, 0.2) is 10.9 Å². The minimum absolute atomic E-state index is 0.116. The molecule has 1 saturated heterocycles. The summed E-state index contributed by atoms with van der Waals surface area (Å²) in [4.78, 5) is 22.3. The molecule has 3 N–H and O–H groups in total. The van der Waals surface area contributed by atoms with Crippen LogP contribution in [-0.2, 0) is 16.1 Å². The van der Waals surface area contributed by atoms with E-state index in [1.807, 2.05) is 0 Å². The smallest absolute Gasteiger partial charge is 0.264 e. The van der Waals surface area contributed by atoms with Crippen molar-refractivity contribution in [2.24, 2.45) is 0 Å². The molecular formula is C9H13N3O3. The molecule has 2 heterocycles. The molecule has 6 nitrogen and oxygen atoms in total. The Kier molecular flexibility index (Phi) is 2.86. The van der Waals surface area contributed by atoms with E-state index in [0.29, 0.717) is 18.8 Å². The third-order valence-corrected chi connectivity index (χ3v) is 2.33. The Hall–Kier alpha value is -1.56. The van der Waals surface area contributed by atoms with Gasteiger partial charge < -0.3 is 15.2 Å². The van der Waals surface area contributed by atoms with Gasteiger partial charge in [0.1, 0.15) is 6.10 Å². The van der Waals surface area contributed by atoms with Gasteiger partial charge in [-0.15, -0.1) is 0 Å². The average molecular weight is 211 g/mol. The van der Waals surface area contributed by atoms with Gasteiger partial charge in [0.05, 0.1) is 12.2 Å². The lowest BCUT2D eigenvalue weighted by Gasteiger charge is -2.08. The fraction of sp³-hybridized carbons (Fsp3) is 0.556. The second kappa shape index (κ2) is 4.31. The molecule has 82 valence electrons. The first kappa shape index (κ1) is 9.97. The summed E-state index contributed by atoms with van der Waals surface area (Å²) in [7, 11) is 0. The van der Waals surface area contributed by atoms with Gasteiger partial charge in [0, 0.05) is 12.7 Å². The first-order valence-electron chi connectivity index (χ1n) is 4.91. The molecule has 15 heavy (non-hydrogen) atoms. The van der Waals surface area contributed by atoms with Crippen LogP contribution in [0.1, 0.15) is 18.5 Å². The summed E-state index contributed by atoms with van der Waals surface area (Å²) in [6.07, 6.45) is 1.38. The lowest BCUT2D eigenvalue weighted by molar-refractivity contribution is -0.130. The van der Waals surface area contributed by atoms with Crippen LogP contribution in [0.4, 0.5) is 0 Å². The van der Waals surface area contributed by atoms with Crippen LogP contribution < -0.4 is 10.9 Å². The zero-order valence-corrected chi connectivity index (χ0v) is 8.21. The van der Waals surface area contributed by atoms with Crippen LogP contribution in [0.25, 0.3) is 0 Å². The van der Waals surface area contributed by atoms with Crippen LogP contribution in [-0.4, -0.2) is 28.8 Å². The topological polar surface area (TPSA) is 87.0 Å². The van der Waals surface area contributed by atoms with Crippen molar-refractivity contribution in [3.63, 3.8) is 0 Å². The van der Waals surface area contributed by atoms with Crippen molar-refractivity contribution in [3.8, 4) is 0 Å². The zero-order chi connectivity index (χ0) is 10.7. The van der Waals surface area contributed by atoms with Gasteiger partial charge in [0.2, 0.25) is 5.91 Å². The van der Waals surface area contributed by atoms with E-state index in [2.05, 4.69) is 15.5 Å². The summed E-state index contributed by atoms with van der Waals surface area (Å²) in [5, 5.41) is 7.76. The Morgan fingerprint density at radius 2 is 2.47 bits per heavy atom. The summed E-state index contributed by atoms with van der Waals surface area (Å²) >= 11 is 0. The summed E-state index contributed by atoms with van der Waals surface area (Å²) in [6, 6.07) is 1.41. The van der Waals surface area contributed by atoms with Gasteiger partial charge in [-0.3, -0.25) is 14.7 Å². The summed E-state index contributed by atoms with van der Waals surface area (Å²) in [5.74, 6) is -0.116. The molecule has 1 aliphatic rings. The third-order valence-electron chi connectivity index (χ3n) is 2.33. The van der Waals surface area contributed by atoms with Crippen LogP contribution >= 0.6 is 0 Å². The molecule has 0 saturated carbocycles. The van der Waals surface area contributed by atoms with E-state index < -0.39 is 0 Å². The highest BCUT2D eigenvalue weighted by Gasteiger charge is 2.22. The quantitative estimate of drug-likeness (QED) is 0.629. The number of amides is 1. The lowest BCUT2D eigenvalue weighted by atomic mass is 10.2. The molecule has 0 spiro atoms. The summed E-state index contributed by atoms with van der Waals surface area (Å²) < 4.78 is 5.22. The van der Waals surface area contributed by atoms with E-state index in [1.165, 1.54) is 6.07 Å². The third kappa shape index (κ3) is 2.47. The summed E-state index contributed by atoms with van der Waals surface area (Å²) in [6.45, 7) is 0.969. The van der Waals surface area contributed by atoms with E-state index in [0.717, 1.165) is 12.8 Å². The Labute approximate surface area is 86.0 Å². The number of rotatable bonds is 3. The van der Waals surface area contributed by atoms with Gasteiger partial charge in [-0.05, 0) is 12.8 Å². The van der Waals surface area contributed by atoms with Crippen LogP contribution in [0.2, 0.25) is 0 Å². The molecule has 0 radical (unpaired) electrons. The van der Waals surface area contributed by atoms with Crippen molar-refractivity contribution < 1.29 is 9.53 Å². The lowest BCUT2D eigenvalue weighted by Crippen LogP contribution is -2.33. The molecule has 1 amide bonds. The van der Waals surface area contributed by atoms with Crippen molar-refractivity contribution in [1.29, 1.82) is 0 Å². The maximum absolute atomic E-state index is 11.5. The summed E-state index contributed by atoms with van der Waals surface area (Å²) in [5.41, 5.74) is 0.461. The van der Waals surface area contributed by atoms with Crippen LogP contribution in [0, 0.1) is 0 Å². The number of aromatic nitrogens is 2. The highest BCUT2D eigenvalue weighted by atomic mass is 16.5. The molecule has 0 bridgehead atoms. The number of carbonyl (C=O) groups is 1. The second-order valence-corrected chi connectivity index (χ2v) is 3.50. The van der Waals surface area contributed by atoms with E-state index in [1.54, 1.807) is 0 Å². The first-order chi connectivity index (χ1) is 7.25. The zero-order valence-electron chi connectivity index (χ0n) is 8.21. The van der Waals surface area contributed by atoms with Crippen LogP contribution in [0.5, 0.6) is 0 Å². The minimum atomic E-state index is -0.323. The van der Waals surface area contributed by atoms with Crippen molar-refractivity contribution in [2.75, 3.05) is 6.61 Å². The molecule has 0 aromatic carbocycles. The van der Waals surface area contributed by atoms with E-state index in [4.69, 9.17) is 4.74 Å². The highest BCUT2D eigenvalue weighted by molar-refractivity contribution is 5.80. The Morgan fingerprint density at radius 1 is 1.60 bits per heavy atom. The number of ether oxygens (including phenoxy) is 1. The van der Waals surface area contributed by atoms with Gasteiger partial charge in [-0.2, -0.15) is 0 Å². The maximum atomic E-state index is 11.5. The Balaban J connectivity index is 1.82. The number of nitrogens with one attached hydrogen (secondary N) is 3. The van der Waals surface area contributed by atoms with Gasteiger partial charge in [0.25, 0.3) is 5.56 Å². The molecule has 0 aliphatic carbocycles. The standard InChI is InChI=1S/C9H13N3O3/c13-8-4-6(11-12-8)5-10-9(14)7-2-1-3-15-7/h4,7H,1-3,5H2,(H,10,14)(H2,11,12,13). The molecule has 2 rings (SSSR count). The number of aromatic amines is 2. The van der Waals surface area contributed by atoms with Gasteiger partial charge >= 0.3 is 0 Å². The molecule has 1 unspecified atom stereocenters. The maximum Gasteiger partial charge on any atom is 0.264 e. The highest BCUT2D eigenvalue weighted by Crippen LogP contribution is 2.11. The van der Waals surface area contributed by atoms with Crippen molar-refractivity contribution >= 4 is 5.91 Å².